The van der Waals surface area contributed by atoms with Gasteiger partial charge in [-0.3, -0.25) is 4.90 Å². The summed E-state index contributed by atoms with van der Waals surface area (Å²) >= 11 is 0. The van der Waals surface area contributed by atoms with Gasteiger partial charge in [-0.2, -0.15) is 0 Å². The molecule has 0 aromatic heterocycles. The molecule has 2 heterocycles. The average Bonchev–Trinajstić information content (AvgIpc) is 2.86. The normalized spacial score (nSPS) is 28.9. The summed E-state index contributed by atoms with van der Waals surface area (Å²) in [5.74, 6) is 0. The Kier molecular flexibility index (Phi) is 3.66. The van der Waals surface area contributed by atoms with E-state index in [2.05, 4.69) is 34.5 Å². The number of aryl methyl sites for hydroxylation is 1. The predicted molar refractivity (Wildman–Crippen MR) is 88.7 cm³/mol. The monoisotopic (exact) mass is 284 g/mol. The van der Waals surface area contributed by atoms with Crippen LogP contribution in [-0.4, -0.2) is 30.6 Å². The molecule has 0 amide bonds. The lowest BCUT2D eigenvalue weighted by molar-refractivity contribution is 0.0772. The van der Waals surface area contributed by atoms with Crippen LogP contribution in [0.15, 0.2) is 24.3 Å². The van der Waals surface area contributed by atoms with Crippen LogP contribution >= 0.6 is 0 Å². The molecule has 2 fully saturated rings. The fourth-order valence-corrected chi connectivity index (χ4v) is 4.86. The van der Waals surface area contributed by atoms with Crippen LogP contribution in [0.5, 0.6) is 0 Å². The van der Waals surface area contributed by atoms with Crippen LogP contribution in [0.3, 0.4) is 0 Å². The first-order valence-electron chi connectivity index (χ1n) is 8.91. The zero-order valence-electron chi connectivity index (χ0n) is 13.1. The molecule has 0 radical (unpaired) electrons. The van der Waals surface area contributed by atoms with Gasteiger partial charge in [-0.1, -0.05) is 31.0 Å². The Balaban J connectivity index is 1.38. The third-order valence-corrected chi connectivity index (χ3v) is 6.33. The van der Waals surface area contributed by atoms with E-state index in [9.17, 15) is 0 Å². The fourth-order valence-electron chi connectivity index (χ4n) is 4.86. The van der Waals surface area contributed by atoms with Crippen molar-refractivity contribution in [3.63, 3.8) is 0 Å². The predicted octanol–water partition coefficient (Wildman–Crippen LogP) is 4.07. The number of nitrogens with zero attached hydrogens (tertiary/aromatic N) is 1. The van der Waals surface area contributed by atoms with E-state index in [1.54, 1.807) is 0 Å². The molecule has 0 bridgehead atoms. The number of fused-ring (bicyclic) bond motifs is 1. The summed E-state index contributed by atoms with van der Waals surface area (Å²) < 4.78 is 0. The second-order valence-corrected chi connectivity index (χ2v) is 7.47. The van der Waals surface area contributed by atoms with Gasteiger partial charge in [0.15, 0.2) is 0 Å². The number of para-hydroxylation sites is 1. The summed E-state index contributed by atoms with van der Waals surface area (Å²) in [6.45, 7) is 3.80. The molecule has 2 heteroatoms. The minimum absolute atomic E-state index is 0.733. The van der Waals surface area contributed by atoms with E-state index >= 15 is 0 Å². The molecule has 114 valence electrons. The number of rotatable bonds is 1. The molecule has 1 N–H and O–H groups in total. The summed E-state index contributed by atoms with van der Waals surface area (Å²) in [4.78, 5) is 2.78. The molecule has 1 saturated carbocycles. The Labute approximate surface area is 128 Å². The largest absolute Gasteiger partial charge is 0.383 e. The molecule has 1 aromatic rings. The molecule has 2 aliphatic heterocycles. The molecule has 1 saturated heterocycles. The van der Waals surface area contributed by atoms with Crippen molar-refractivity contribution >= 4 is 5.69 Å². The molecule has 1 spiro atoms. The van der Waals surface area contributed by atoms with Gasteiger partial charge in [0.25, 0.3) is 0 Å². The van der Waals surface area contributed by atoms with Crippen LogP contribution in [-0.2, 0) is 6.42 Å². The number of hydrogen-bond acceptors (Lipinski definition) is 2. The zero-order chi connectivity index (χ0) is 14.1. The highest BCUT2D eigenvalue weighted by molar-refractivity contribution is 5.52. The Bertz CT molecular complexity index is 453. The van der Waals surface area contributed by atoms with Crippen LogP contribution in [0.25, 0.3) is 0 Å². The van der Waals surface area contributed by atoms with Crippen LogP contribution in [0.1, 0.15) is 50.5 Å². The van der Waals surface area contributed by atoms with Gasteiger partial charge < -0.3 is 5.32 Å². The van der Waals surface area contributed by atoms with E-state index in [1.807, 2.05) is 0 Å². The molecule has 1 aromatic carbocycles. The lowest BCUT2D eigenvalue weighted by Crippen LogP contribution is -2.47. The van der Waals surface area contributed by atoms with Crippen molar-refractivity contribution in [2.75, 3.05) is 25.0 Å². The van der Waals surface area contributed by atoms with Crippen molar-refractivity contribution in [3.8, 4) is 0 Å². The first-order valence-corrected chi connectivity index (χ1v) is 8.91. The van der Waals surface area contributed by atoms with E-state index in [0.29, 0.717) is 0 Å². The van der Waals surface area contributed by atoms with Gasteiger partial charge in [0.1, 0.15) is 0 Å². The van der Waals surface area contributed by atoms with E-state index in [-0.39, 0.29) is 0 Å². The SMILES string of the molecule is c1ccc2c(c1)CCC(N1CCC3(CCCC3)CC1)CN2. The minimum Gasteiger partial charge on any atom is -0.383 e. The summed E-state index contributed by atoms with van der Waals surface area (Å²) in [5.41, 5.74) is 3.62. The van der Waals surface area contributed by atoms with Gasteiger partial charge in [-0.15, -0.1) is 0 Å². The molecule has 1 unspecified atom stereocenters. The summed E-state index contributed by atoms with van der Waals surface area (Å²) in [5, 5.41) is 3.69. The first kappa shape index (κ1) is 13.6. The maximum Gasteiger partial charge on any atom is 0.0373 e. The Morgan fingerprint density at radius 2 is 1.76 bits per heavy atom. The van der Waals surface area contributed by atoms with Crippen molar-refractivity contribution in [2.45, 2.75) is 57.4 Å². The lowest BCUT2D eigenvalue weighted by atomic mass is 9.76. The van der Waals surface area contributed by atoms with Crippen LogP contribution in [0.4, 0.5) is 5.69 Å². The number of hydrogen-bond donors (Lipinski definition) is 1. The van der Waals surface area contributed by atoms with Crippen molar-refractivity contribution in [3.05, 3.63) is 29.8 Å². The number of nitrogens with one attached hydrogen (secondary N) is 1. The summed E-state index contributed by atoms with van der Waals surface area (Å²) in [7, 11) is 0. The molecule has 1 aliphatic carbocycles. The fraction of sp³-hybridized carbons (Fsp3) is 0.684. The molecular weight excluding hydrogens is 256 g/mol. The Morgan fingerprint density at radius 3 is 2.57 bits per heavy atom. The highest BCUT2D eigenvalue weighted by Crippen LogP contribution is 2.46. The number of benzene rings is 1. The smallest absolute Gasteiger partial charge is 0.0373 e. The van der Waals surface area contributed by atoms with E-state index in [0.717, 1.165) is 18.0 Å². The second-order valence-electron chi connectivity index (χ2n) is 7.47. The Hall–Kier alpha value is -1.02. The molecule has 1 atom stereocenters. The minimum atomic E-state index is 0.733. The molecular formula is C19H28N2. The highest BCUT2D eigenvalue weighted by Gasteiger charge is 2.38. The first-order chi connectivity index (χ1) is 10.3. The molecule has 21 heavy (non-hydrogen) atoms. The van der Waals surface area contributed by atoms with E-state index < -0.39 is 0 Å². The average molecular weight is 284 g/mol. The maximum absolute atomic E-state index is 3.69. The maximum atomic E-state index is 3.69. The van der Waals surface area contributed by atoms with Gasteiger partial charge in [-0.25, -0.2) is 0 Å². The van der Waals surface area contributed by atoms with E-state index in [4.69, 9.17) is 0 Å². The number of likely N-dealkylation sites (tertiary alicyclic amines) is 1. The van der Waals surface area contributed by atoms with Crippen LogP contribution < -0.4 is 5.32 Å². The standard InChI is InChI=1S/C19H28N2/c1-2-6-18-16(5-1)7-8-17(15-20-18)21-13-11-19(12-14-21)9-3-4-10-19/h1-2,5-6,17,20H,3-4,7-15H2. The van der Waals surface area contributed by atoms with Crippen molar-refractivity contribution in [1.82, 2.24) is 4.90 Å². The van der Waals surface area contributed by atoms with Gasteiger partial charge in [0.05, 0.1) is 0 Å². The highest BCUT2D eigenvalue weighted by atomic mass is 15.2. The lowest BCUT2D eigenvalue weighted by Gasteiger charge is -2.42. The third kappa shape index (κ3) is 2.70. The summed E-state index contributed by atoms with van der Waals surface area (Å²) in [6.07, 6.45) is 11.4. The molecule has 3 aliphatic rings. The van der Waals surface area contributed by atoms with Crippen molar-refractivity contribution < 1.29 is 0 Å². The summed E-state index contributed by atoms with van der Waals surface area (Å²) in [6, 6.07) is 9.58. The number of piperidine rings is 1. The van der Waals surface area contributed by atoms with Crippen LogP contribution in [0, 0.1) is 5.41 Å². The number of anilines is 1. The zero-order valence-corrected chi connectivity index (χ0v) is 13.1. The third-order valence-electron chi connectivity index (χ3n) is 6.33. The topological polar surface area (TPSA) is 15.3 Å². The van der Waals surface area contributed by atoms with Gasteiger partial charge in [-0.05, 0) is 68.7 Å². The van der Waals surface area contributed by atoms with Crippen LogP contribution in [0.2, 0.25) is 0 Å². The molecule has 2 nitrogen and oxygen atoms in total. The van der Waals surface area contributed by atoms with Gasteiger partial charge in [0.2, 0.25) is 0 Å². The van der Waals surface area contributed by atoms with E-state index in [1.165, 1.54) is 75.7 Å². The van der Waals surface area contributed by atoms with Crippen molar-refractivity contribution in [1.29, 1.82) is 0 Å². The second kappa shape index (κ2) is 5.64. The quantitative estimate of drug-likeness (QED) is 0.836. The van der Waals surface area contributed by atoms with Crippen molar-refractivity contribution in [2.24, 2.45) is 5.41 Å². The Morgan fingerprint density at radius 1 is 1.00 bits per heavy atom. The molecule has 4 rings (SSSR count). The van der Waals surface area contributed by atoms with Gasteiger partial charge >= 0.3 is 0 Å². The van der Waals surface area contributed by atoms with Gasteiger partial charge in [0, 0.05) is 18.3 Å².